The van der Waals surface area contributed by atoms with Crippen LogP contribution in [0.25, 0.3) is 81.3 Å². The van der Waals surface area contributed by atoms with Crippen molar-refractivity contribution < 1.29 is 0 Å². The van der Waals surface area contributed by atoms with Gasteiger partial charge in [-0.15, -0.1) is 11.3 Å². The van der Waals surface area contributed by atoms with E-state index in [4.69, 9.17) is 9.97 Å². The molecule has 2 spiro atoms. The Hall–Kier alpha value is -7.57. The van der Waals surface area contributed by atoms with E-state index in [-0.39, 0.29) is 0 Å². The monoisotopic (exact) mass is 859 g/mol. The van der Waals surface area contributed by atoms with Crippen LogP contribution in [0.2, 0.25) is 0 Å². The number of rotatable bonds is 1. The first-order valence-corrected chi connectivity index (χ1v) is 23.9. The molecule has 0 amide bonds. The Morgan fingerprint density at radius 2 is 1.00 bits per heavy atom. The first-order chi connectivity index (χ1) is 32.2. The Kier molecular flexibility index (Phi) is 6.52. The molecule has 3 aliphatic carbocycles. The predicted octanol–water partition coefficient (Wildman–Crippen LogP) is 15.1. The molecule has 0 saturated heterocycles. The van der Waals surface area contributed by atoms with Crippen LogP contribution in [0.3, 0.4) is 0 Å². The normalized spacial score (nSPS) is 16.4. The maximum Gasteiger partial charge on any atom is 0.0939 e. The molecule has 0 fully saturated rings. The van der Waals surface area contributed by atoms with Gasteiger partial charge in [0.05, 0.1) is 45.1 Å². The standard InChI is InChI=1S/C60H33N3S2/c1-6-19-43-35(14-1)36-15-2-7-20-44(36)59(43)45-21-8-3-16-37(45)40-30-49-56(31-48(40)59)65-54-26-12-9-22-46(54)60(49)47-23-13-27-61-57(47)58-50(60)28-34(33-62-58)63-51-24-10-4-17-38(51)41-29-42-39-18-5-11-25-53(39)64-55(42)32-52(41)63/h1-33H. The lowest BCUT2D eigenvalue weighted by molar-refractivity contribution is 0.714. The van der Waals surface area contributed by atoms with E-state index < -0.39 is 10.8 Å². The fraction of sp³-hybridized carbons (Fsp3) is 0.0333. The zero-order chi connectivity index (χ0) is 42.2. The van der Waals surface area contributed by atoms with E-state index >= 15 is 0 Å². The van der Waals surface area contributed by atoms with Crippen LogP contribution in [-0.4, -0.2) is 14.5 Å². The van der Waals surface area contributed by atoms with Crippen LogP contribution in [0.5, 0.6) is 0 Å². The van der Waals surface area contributed by atoms with Crippen molar-refractivity contribution in [2.24, 2.45) is 0 Å². The molecule has 12 aromatic rings. The summed E-state index contributed by atoms with van der Waals surface area (Å²) in [6.45, 7) is 0. The molecule has 1 aliphatic heterocycles. The molecular formula is C60H33N3S2. The van der Waals surface area contributed by atoms with E-state index in [1.54, 1.807) is 0 Å². The SMILES string of the molecule is c1ccc2c(c1)Sc1cc3c(cc1C21c2cccnc2-c2ncc(-n4c5ccccc5c5cc6c(cc54)sc4ccccc46)cc21)-c1ccccc1C31c2ccccc2-c2ccccc21. The van der Waals surface area contributed by atoms with E-state index in [9.17, 15) is 0 Å². The number of nitrogens with zero attached hydrogens (tertiary/aromatic N) is 3. The number of pyridine rings is 2. The third-order valence-electron chi connectivity index (χ3n) is 15.2. The number of hydrogen-bond acceptors (Lipinski definition) is 4. The van der Waals surface area contributed by atoms with E-state index in [1.165, 1.54) is 119 Å². The van der Waals surface area contributed by atoms with E-state index in [0.717, 1.165) is 17.1 Å². The van der Waals surface area contributed by atoms with Gasteiger partial charge in [0, 0.05) is 52.5 Å². The van der Waals surface area contributed by atoms with Crippen molar-refractivity contribution in [3.63, 3.8) is 0 Å². The van der Waals surface area contributed by atoms with Gasteiger partial charge in [-0.1, -0.05) is 145 Å². The number of thiophene rings is 1. The van der Waals surface area contributed by atoms with Crippen molar-refractivity contribution in [1.29, 1.82) is 0 Å². The molecule has 0 bridgehead atoms. The minimum atomic E-state index is -0.679. The molecule has 300 valence electrons. The highest BCUT2D eigenvalue weighted by Gasteiger charge is 2.56. The van der Waals surface area contributed by atoms with Crippen LogP contribution in [0, 0.1) is 0 Å². The summed E-state index contributed by atoms with van der Waals surface area (Å²) in [6, 6.07) is 70.9. The Morgan fingerprint density at radius 3 is 1.80 bits per heavy atom. The average molecular weight is 860 g/mol. The summed E-state index contributed by atoms with van der Waals surface area (Å²) >= 11 is 3.77. The number of hydrogen-bond donors (Lipinski definition) is 0. The molecule has 8 aromatic carbocycles. The molecule has 3 nitrogen and oxygen atoms in total. The van der Waals surface area contributed by atoms with Crippen LogP contribution in [0.15, 0.2) is 210 Å². The second-order valence-electron chi connectivity index (χ2n) is 17.9. The zero-order valence-corrected chi connectivity index (χ0v) is 36.3. The highest BCUT2D eigenvalue weighted by molar-refractivity contribution is 7.99. The highest BCUT2D eigenvalue weighted by atomic mass is 32.2. The fourth-order valence-electron chi connectivity index (χ4n) is 12.8. The summed E-state index contributed by atoms with van der Waals surface area (Å²) in [6.07, 6.45) is 4.02. The minimum absolute atomic E-state index is 0.434. The lowest BCUT2D eigenvalue weighted by atomic mass is 9.66. The summed E-state index contributed by atoms with van der Waals surface area (Å²) in [5, 5.41) is 5.11. The number of fused-ring (bicyclic) bond motifs is 25. The van der Waals surface area contributed by atoms with Crippen molar-refractivity contribution >= 4 is 65.1 Å². The Labute approximate surface area is 382 Å². The van der Waals surface area contributed by atoms with Gasteiger partial charge in [-0.05, 0) is 116 Å². The number of aromatic nitrogens is 3. The van der Waals surface area contributed by atoms with E-state index in [0.29, 0.717) is 0 Å². The van der Waals surface area contributed by atoms with Gasteiger partial charge in [-0.2, -0.15) is 0 Å². The maximum absolute atomic E-state index is 5.49. The first kappa shape index (κ1) is 34.9. The largest absolute Gasteiger partial charge is 0.308 e. The molecule has 5 heteroatoms. The van der Waals surface area contributed by atoms with Crippen molar-refractivity contribution in [1.82, 2.24) is 14.5 Å². The summed E-state index contributed by atoms with van der Waals surface area (Å²) in [4.78, 5) is 13.2. The molecule has 4 aliphatic rings. The van der Waals surface area contributed by atoms with Crippen LogP contribution >= 0.6 is 23.1 Å². The molecule has 0 saturated carbocycles. The summed E-state index contributed by atoms with van der Waals surface area (Å²) in [5.41, 5.74) is 19.7. The topological polar surface area (TPSA) is 30.7 Å². The Balaban J connectivity index is 1.01. The van der Waals surface area contributed by atoms with Gasteiger partial charge in [0.1, 0.15) is 0 Å². The lowest BCUT2D eigenvalue weighted by Gasteiger charge is -2.40. The average Bonchev–Trinajstić information content (AvgIpc) is 4.13. The second-order valence-corrected chi connectivity index (χ2v) is 20.1. The van der Waals surface area contributed by atoms with Gasteiger partial charge in [0.2, 0.25) is 0 Å². The van der Waals surface area contributed by atoms with Gasteiger partial charge >= 0.3 is 0 Å². The van der Waals surface area contributed by atoms with Gasteiger partial charge < -0.3 is 4.57 Å². The van der Waals surface area contributed by atoms with Crippen molar-refractivity contribution in [2.45, 2.75) is 20.6 Å². The number of para-hydroxylation sites is 1. The van der Waals surface area contributed by atoms with Crippen molar-refractivity contribution in [3.8, 4) is 39.3 Å². The van der Waals surface area contributed by atoms with Crippen molar-refractivity contribution in [2.75, 3.05) is 0 Å². The Morgan fingerprint density at radius 1 is 0.369 bits per heavy atom. The minimum Gasteiger partial charge on any atom is -0.308 e. The first-order valence-electron chi connectivity index (χ1n) is 22.3. The van der Waals surface area contributed by atoms with Crippen LogP contribution in [0.1, 0.15) is 44.5 Å². The fourth-order valence-corrected chi connectivity index (χ4v) is 15.1. The van der Waals surface area contributed by atoms with E-state index in [2.05, 4.69) is 199 Å². The van der Waals surface area contributed by atoms with Crippen LogP contribution in [-0.2, 0) is 10.8 Å². The zero-order valence-electron chi connectivity index (χ0n) is 34.7. The van der Waals surface area contributed by atoms with Gasteiger partial charge in [0.25, 0.3) is 0 Å². The van der Waals surface area contributed by atoms with Crippen molar-refractivity contribution in [3.05, 3.63) is 245 Å². The lowest BCUT2D eigenvalue weighted by Crippen LogP contribution is -2.33. The Bertz CT molecular complexity index is 4090. The molecular weight excluding hydrogens is 827 g/mol. The maximum atomic E-state index is 5.49. The highest BCUT2D eigenvalue weighted by Crippen LogP contribution is 2.67. The summed E-state index contributed by atoms with van der Waals surface area (Å²) in [5.74, 6) is 0. The smallest absolute Gasteiger partial charge is 0.0939 e. The van der Waals surface area contributed by atoms with E-state index in [1.807, 2.05) is 29.3 Å². The third-order valence-corrected chi connectivity index (χ3v) is 17.4. The number of benzene rings is 8. The molecule has 0 radical (unpaired) electrons. The summed E-state index contributed by atoms with van der Waals surface area (Å²) < 4.78 is 5.05. The van der Waals surface area contributed by atoms with Crippen LogP contribution in [0.4, 0.5) is 0 Å². The molecule has 0 N–H and O–H groups in total. The second kappa shape index (κ2) is 12.2. The van der Waals surface area contributed by atoms with Gasteiger partial charge in [0.15, 0.2) is 0 Å². The molecule has 65 heavy (non-hydrogen) atoms. The molecule has 1 atom stereocenters. The van der Waals surface area contributed by atoms with Crippen LogP contribution < -0.4 is 0 Å². The summed E-state index contributed by atoms with van der Waals surface area (Å²) in [7, 11) is 0. The molecule has 16 rings (SSSR count). The molecule has 4 aromatic heterocycles. The quantitative estimate of drug-likeness (QED) is 0.165. The predicted molar refractivity (Wildman–Crippen MR) is 267 cm³/mol. The van der Waals surface area contributed by atoms with Gasteiger partial charge in [-0.3, -0.25) is 9.97 Å². The molecule has 1 unspecified atom stereocenters. The molecule has 5 heterocycles. The van der Waals surface area contributed by atoms with Gasteiger partial charge in [-0.25, -0.2) is 0 Å². The third kappa shape index (κ3) is 4.08.